The minimum Gasteiger partial charge on any atom is -0.369 e. The highest BCUT2D eigenvalue weighted by atomic mass is 32.1. The van der Waals surface area contributed by atoms with Gasteiger partial charge in [0.15, 0.2) is 5.13 Å². The van der Waals surface area contributed by atoms with Crippen LogP contribution in [0.3, 0.4) is 0 Å². The molecule has 6 heteroatoms. The van der Waals surface area contributed by atoms with E-state index in [1.54, 1.807) is 22.7 Å². The standard InChI is InChI=1S/C16H12N4S2/c17-15-18-12(11-5-2-1-3-6-11)9-20(15)16-19-13(10-22-16)14-7-4-8-21-14/h1-10H,(H2,17,18). The summed E-state index contributed by atoms with van der Waals surface area (Å²) in [7, 11) is 0. The van der Waals surface area contributed by atoms with Gasteiger partial charge < -0.3 is 5.73 Å². The van der Waals surface area contributed by atoms with Gasteiger partial charge in [-0.25, -0.2) is 9.97 Å². The van der Waals surface area contributed by atoms with Crippen molar-refractivity contribution in [2.45, 2.75) is 0 Å². The molecule has 0 amide bonds. The minimum absolute atomic E-state index is 0.450. The lowest BCUT2D eigenvalue weighted by Gasteiger charge is -1.97. The fourth-order valence-corrected chi connectivity index (χ4v) is 3.78. The molecule has 108 valence electrons. The zero-order valence-corrected chi connectivity index (χ0v) is 13.1. The molecule has 4 nitrogen and oxygen atoms in total. The maximum Gasteiger partial charge on any atom is 0.207 e. The molecule has 3 aromatic heterocycles. The first-order valence-electron chi connectivity index (χ1n) is 6.71. The highest BCUT2D eigenvalue weighted by Gasteiger charge is 2.12. The van der Waals surface area contributed by atoms with E-state index in [-0.39, 0.29) is 0 Å². The quantitative estimate of drug-likeness (QED) is 0.611. The van der Waals surface area contributed by atoms with E-state index in [1.807, 2.05) is 57.9 Å². The molecule has 0 aliphatic rings. The molecule has 0 fully saturated rings. The van der Waals surface area contributed by atoms with Crippen LogP contribution in [-0.4, -0.2) is 14.5 Å². The topological polar surface area (TPSA) is 56.7 Å². The van der Waals surface area contributed by atoms with Crippen LogP contribution in [0.4, 0.5) is 5.95 Å². The second kappa shape index (κ2) is 5.40. The van der Waals surface area contributed by atoms with Crippen LogP contribution >= 0.6 is 22.7 Å². The van der Waals surface area contributed by atoms with Crippen LogP contribution in [-0.2, 0) is 0 Å². The SMILES string of the molecule is Nc1nc(-c2ccccc2)cn1-c1nc(-c2cccs2)cs1. The summed E-state index contributed by atoms with van der Waals surface area (Å²) in [5.74, 6) is 0.450. The van der Waals surface area contributed by atoms with Crippen LogP contribution in [0, 0.1) is 0 Å². The van der Waals surface area contributed by atoms with Crippen molar-refractivity contribution in [1.29, 1.82) is 0 Å². The number of hydrogen-bond donors (Lipinski definition) is 1. The minimum atomic E-state index is 0.450. The predicted molar refractivity (Wildman–Crippen MR) is 92.4 cm³/mol. The molecule has 0 spiro atoms. The zero-order valence-electron chi connectivity index (χ0n) is 11.5. The predicted octanol–water partition coefficient (Wildman–Crippen LogP) is 4.31. The third-order valence-electron chi connectivity index (χ3n) is 3.27. The second-order valence-corrected chi connectivity index (χ2v) is 6.50. The van der Waals surface area contributed by atoms with E-state index in [0.29, 0.717) is 5.95 Å². The Morgan fingerprint density at radius 3 is 2.55 bits per heavy atom. The van der Waals surface area contributed by atoms with Gasteiger partial charge in [-0.1, -0.05) is 36.4 Å². The van der Waals surface area contributed by atoms with Crippen LogP contribution in [0.2, 0.25) is 0 Å². The molecule has 2 N–H and O–H groups in total. The first-order chi connectivity index (χ1) is 10.8. The van der Waals surface area contributed by atoms with Crippen LogP contribution in [0.25, 0.3) is 27.0 Å². The molecule has 0 bridgehead atoms. The van der Waals surface area contributed by atoms with E-state index < -0.39 is 0 Å². The van der Waals surface area contributed by atoms with E-state index in [4.69, 9.17) is 5.73 Å². The number of hydrogen-bond acceptors (Lipinski definition) is 5. The molecule has 4 rings (SSSR count). The second-order valence-electron chi connectivity index (χ2n) is 4.71. The number of thiazole rings is 1. The average Bonchev–Trinajstić information content (AvgIpc) is 3.28. The Hall–Kier alpha value is -2.44. The Kier molecular flexibility index (Phi) is 3.25. The summed E-state index contributed by atoms with van der Waals surface area (Å²) in [6.45, 7) is 0. The summed E-state index contributed by atoms with van der Waals surface area (Å²) in [6, 6.07) is 14.1. The van der Waals surface area contributed by atoms with Crippen molar-refractivity contribution < 1.29 is 0 Å². The van der Waals surface area contributed by atoms with Crippen molar-refractivity contribution in [2.75, 3.05) is 5.73 Å². The number of aromatic nitrogens is 3. The summed E-state index contributed by atoms with van der Waals surface area (Å²) in [4.78, 5) is 10.3. The summed E-state index contributed by atoms with van der Waals surface area (Å²) >= 11 is 3.24. The van der Waals surface area contributed by atoms with E-state index in [0.717, 1.165) is 27.0 Å². The van der Waals surface area contributed by atoms with Crippen molar-refractivity contribution in [1.82, 2.24) is 14.5 Å². The molecule has 1 aromatic carbocycles. The number of rotatable bonds is 3. The third kappa shape index (κ3) is 2.32. The molecule has 0 aliphatic carbocycles. The summed E-state index contributed by atoms with van der Waals surface area (Å²) < 4.78 is 1.84. The van der Waals surface area contributed by atoms with Crippen LogP contribution in [0.1, 0.15) is 0 Å². The largest absolute Gasteiger partial charge is 0.369 e. The average molecular weight is 324 g/mol. The molecule has 0 atom stereocenters. The Morgan fingerprint density at radius 1 is 0.909 bits per heavy atom. The fraction of sp³-hybridized carbons (Fsp3) is 0. The molecule has 0 aliphatic heterocycles. The molecule has 22 heavy (non-hydrogen) atoms. The lowest BCUT2D eigenvalue weighted by Crippen LogP contribution is -1.98. The van der Waals surface area contributed by atoms with E-state index in [2.05, 4.69) is 16.0 Å². The Labute approximate surface area is 135 Å². The number of thiophene rings is 1. The molecular weight excluding hydrogens is 312 g/mol. The van der Waals surface area contributed by atoms with Gasteiger partial charge in [0.25, 0.3) is 0 Å². The first kappa shape index (κ1) is 13.2. The van der Waals surface area contributed by atoms with Gasteiger partial charge in [0.05, 0.1) is 16.3 Å². The number of nitrogens with two attached hydrogens (primary N) is 1. The number of benzene rings is 1. The van der Waals surface area contributed by atoms with Crippen molar-refractivity contribution in [2.24, 2.45) is 0 Å². The molecule has 0 unspecified atom stereocenters. The lowest BCUT2D eigenvalue weighted by atomic mass is 10.2. The maximum atomic E-state index is 6.06. The number of nitrogens with zero attached hydrogens (tertiary/aromatic N) is 3. The van der Waals surface area contributed by atoms with E-state index in [9.17, 15) is 0 Å². The highest BCUT2D eigenvalue weighted by Crippen LogP contribution is 2.29. The van der Waals surface area contributed by atoms with Gasteiger partial charge in [0.1, 0.15) is 0 Å². The Morgan fingerprint density at radius 2 is 1.77 bits per heavy atom. The smallest absolute Gasteiger partial charge is 0.207 e. The Balaban J connectivity index is 1.73. The lowest BCUT2D eigenvalue weighted by molar-refractivity contribution is 1.05. The van der Waals surface area contributed by atoms with Crippen LogP contribution < -0.4 is 5.73 Å². The van der Waals surface area contributed by atoms with Gasteiger partial charge in [-0.2, -0.15) is 0 Å². The van der Waals surface area contributed by atoms with E-state index in [1.165, 1.54) is 0 Å². The van der Waals surface area contributed by atoms with Gasteiger partial charge in [-0.05, 0) is 11.4 Å². The molecule has 3 heterocycles. The van der Waals surface area contributed by atoms with Crippen molar-refractivity contribution in [3.8, 4) is 27.0 Å². The monoisotopic (exact) mass is 324 g/mol. The first-order valence-corrected chi connectivity index (χ1v) is 8.47. The van der Waals surface area contributed by atoms with Crippen LogP contribution in [0.5, 0.6) is 0 Å². The molecular formula is C16H12N4S2. The number of nitrogen functional groups attached to an aromatic ring is 1. The fourth-order valence-electron chi connectivity index (χ4n) is 2.21. The van der Waals surface area contributed by atoms with Crippen molar-refractivity contribution >= 4 is 28.6 Å². The normalized spacial score (nSPS) is 10.9. The van der Waals surface area contributed by atoms with Gasteiger partial charge in [-0.15, -0.1) is 22.7 Å². The molecule has 0 saturated carbocycles. The van der Waals surface area contributed by atoms with Gasteiger partial charge in [0, 0.05) is 17.1 Å². The van der Waals surface area contributed by atoms with Crippen molar-refractivity contribution in [3.63, 3.8) is 0 Å². The third-order valence-corrected chi connectivity index (χ3v) is 5.01. The van der Waals surface area contributed by atoms with Gasteiger partial charge in [0.2, 0.25) is 5.95 Å². The van der Waals surface area contributed by atoms with Gasteiger partial charge in [-0.3, -0.25) is 4.57 Å². The van der Waals surface area contributed by atoms with E-state index >= 15 is 0 Å². The number of imidazole rings is 1. The molecule has 0 saturated heterocycles. The number of anilines is 1. The summed E-state index contributed by atoms with van der Waals surface area (Å²) in [5.41, 5.74) is 8.93. The van der Waals surface area contributed by atoms with Crippen molar-refractivity contribution in [3.05, 3.63) is 59.4 Å². The molecule has 4 aromatic rings. The summed E-state index contributed by atoms with van der Waals surface area (Å²) in [5, 5.41) is 4.92. The van der Waals surface area contributed by atoms with Gasteiger partial charge >= 0.3 is 0 Å². The zero-order chi connectivity index (χ0) is 14.9. The molecule has 0 radical (unpaired) electrons. The Bertz CT molecular complexity index is 892. The maximum absolute atomic E-state index is 6.06. The van der Waals surface area contributed by atoms with Crippen LogP contribution in [0.15, 0.2) is 59.4 Å². The summed E-state index contributed by atoms with van der Waals surface area (Å²) in [6.07, 6.45) is 1.93. The highest BCUT2D eigenvalue weighted by molar-refractivity contribution is 7.15.